The van der Waals surface area contributed by atoms with Crippen molar-refractivity contribution in [2.75, 3.05) is 0 Å². The summed E-state index contributed by atoms with van der Waals surface area (Å²) in [5, 5.41) is 0. The van der Waals surface area contributed by atoms with Crippen LogP contribution in [0.4, 0.5) is 0 Å². The SMILES string of the molecule is [2H]c1ccc(Br)cc1. The molecule has 0 aliphatic carbocycles. The van der Waals surface area contributed by atoms with Crippen LogP contribution in [0.25, 0.3) is 0 Å². The molecule has 0 N–H and O–H groups in total. The fraction of sp³-hybridized carbons (Fsp3) is 0. The highest BCUT2D eigenvalue weighted by atomic mass is 79.9. The lowest BCUT2D eigenvalue weighted by Gasteiger charge is -1.80. The van der Waals surface area contributed by atoms with E-state index in [0.29, 0.717) is 6.04 Å². The van der Waals surface area contributed by atoms with Gasteiger partial charge in [0.15, 0.2) is 0 Å². The predicted molar refractivity (Wildman–Crippen MR) is 34.1 cm³/mol. The van der Waals surface area contributed by atoms with E-state index in [9.17, 15) is 0 Å². The van der Waals surface area contributed by atoms with E-state index >= 15 is 0 Å². The highest BCUT2D eigenvalue weighted by Crippen LogP contribution is 2.05. The molecule has 0 radical (unpaired) electrons. The lowest BCUT2D eigenvalue weighted by Crippen LogP contribution is -1.55. The van der Waals surface area contributed by atoms with Gasteiger partial charge in [-0.25, -0.2) is 0 Å². The molecule has 7 heavy (non-hydrogen) atoms. The minimum atomic E-state index is 0.549. The van der Waals surface area contributed by atoms with Crippen molar-refractivity contribution in [3.05, 3.63) is 34.8 Å². The van der Waals surface area contributed by atoms with E-state index in [1.165, 1.54) is 0 Å². The zero-order valence-corrected chi connectivity index (χ0v) is 5.27. The molecule has 1 aromatic carbocycles. The number of hydrogen-bond donors (Lipinski definition) is 0. The largest absolute Gasteiger partial charge is 0.0623 e. The van der Waals surface area contributed by atoms with Gasteiger partial charge >= 0.3 is 0 Å². The van der Waals surface area contributed by atoms with E-state index in [0.717, 1.165) is 4.47 Å². The second-order valence-corrected chi connectivity index (χ2v) is 2.13. The maximum atomic E-state index is 7.07. The van der Waals surface area contributed by atoms with Gasteiger partial charge in [0.1, 0.15) is 0 Å². The van der Waals surface area contributed by atoms with Crippen LogP contribution in [-0.4, -0.2) is 0 Å². The van der Waals surface area contributed by atoms with Crippen LogP contribution in [0.2, 0.25) is 0 Å². The third-order valence-electron chi connectivity index (χ3n) is 0.678. The molecule has 0 aliphatic heterocycles. The maximum absolute atomic E-state index is 7.07. The van der Waals surface area contributed by atoms with E-state index < -0.39 is 0 Å². The molecule has 0 saturated carbocycles. The summed E-state index contributed by atoms with van der Waals surface area (Å²) in [6.45, 7) is 0. The summed E-state index contributed by atoms with van der Waals surface area (Å²) >= 11 is 3.26. The van der Waals surface area contributed by atoms with E-state index in [1.807, 2.05) is 12.1 Å². The zero-order chi connectivity index (χ0) is 5.98. The Morgan fingerprint density at radius 2 is 2.00 bits per heavy atom. The van der Waals surface area contributed by atoms with Gasteiger partial charge < -0.3 is 0 Å². The van der Waals surface area contributed by atoms with Crippen LogP contribution in [0.3, 0.4) is 0 Å². The Morgan fingerprint density at radius 3 is 2.43 bits per heavy atom. The molecule has 1 aromatic rings. The number of benzene rings is 1. The van der Waals surface area contributed by atoms with Crippen molar-refractivity contribution < 1.29 is 1.37 Å². The summed E-state index contributed by atoms with van der Waals surface area (Å²) in [4.78, 5) is 0. The highest BCUT2D eigenvalue weighted by Gasteiger charge is 1.74. The summed E-state index contributed by atoms with van der Waals surface area (Å²) in [5.74, 6) is 0. The van der Waals surface area contributed by atoms with E-state index in [1.54, 1.807) is 12.1 Å². The van der Waals surface area contributed by atoms with Crippen LogP contribution in [0.15, 0.2) is 34.8 Å². The minimum absolute atomic E-state index is 0.549. The van der Waals surface area contributed by atoms with Gasteiger partial charge in [-0.1, -0.05) is 34.1 Å². The van der Waals surface area contributed by atoms with Gasteiger partial charge in [-0.05, 0) is 12.1 Å². The third-order valence-corrected chi connectivity index (χ3v) is 1.21. The smallest absolute Gasteiger partial charge is 0.0622 e. The summed E-state index contributed by atoms with van der Waals surface area (Å²) in [7, 11) is 0. The molecular formula is C6H5Br. The number of halogens is 1. The first-order chi connectivity index (χ1) is 3.79. The van der Waals surface area contributed by atoms with E-state index in [2.05, 4.69) is 15.9 Å². The van der Waals surface area contributed by atoms with Crippen LogP contribution in [-0.2, 0) is 0 Å². The van der Waals surface area contributed by atoms with Gasteiger partial charge in [-0.3, -0.25) is 0 Å². The Kier molecular flexibility index (Phi) is 1.11. The molecule has 0 aromatic heterocycles. The first-order valence-corrected chi connectivity index (χ1v) is 2.80. The number of hydrogen-bond acceptors (Lipinski definition) is 0. The lowest BCUT2D eigenvalue weighted by molar-refractivity contribution is 1.66. The van der Waals surface area contributed by atoms with Crippen molar-refractivity contribution in [2.24, 2.45) is 0 Å². The maximum Gasteiger partial charge on any atom is 0.0623 e. The van der Waals surface area contributed by atoms with Crippen molar-refractivity contribution in [3.63, 3.8) is 0 Å². The van der Waals surface area contributed by atoms with Crippen LogP contribution in [0, 0.1) is 0 Å². The van der Waals surface area contributed by atoms with Crippen molar-refractivity contribution in [1.82, 2.24) is 0 Å². The third kappa shape index (κ3) is 1.32. The van der Waals surface area contributed by atoms with Gasteiger partial charge in [0.05, 0.1) is 1.37 Å². The second-order valence-electron chi connectivity index (χ2n) is 1.22. The monoisotopic (exact) mass is 157 g/mol. The standard InChI is InChI=1S/C6H5Br/c7-6-4-2-1-3-5-6/h1-5H/i1D. The molecule has 0 bridgehead atoms. The molecule has 0 heterocycles. The molecule has 36 valence electrons. The quantitative estimate of drug-likeness (QED) is 0.543. The Hall–Kier alpha value is -0.300. The fourth-order valence-corrected chi connectivity index (χ4v) is 0.631. The van der Waals surface area contributed by atoms with Gasteiger partial charge in [-0.2, -0.15) is 0 Å². The molecule has 1 heteroatoms. The van der Waals surface area contributed by atoms with E-state index in [-0.39, 0.29) is 0 Å². The molecule has 0 nitrogen and oxygen atoms in total. The number of rotatable bonds is 0. The Bertz CT molecular complexity index is 147. The van der Waals surface area contributed by atoms with Crippen molar-refractivity contribution >= 4 is 15.9 Å². The van der Waals surface area contributed by atoms with Crippen molar-refractivity contribution in [2.45, 2.75) is 0 Å². The van der Waals surface area contributed by atoms with Gasteiger partial charge in [-0.15, -0.1) is 0 Å². The predicted octanol–water partition coefficient (Wildman–Crippen LogP) is 2.45. The second kappa shape index (κ2) is 2.12. The first-order valence-electron chi connectivity index (χ1n) is 2.51. The summed E-state index contributed by atoms with van der Waals surface area (Å²) < 4.78 is 8.09. The summed E-state index contributed by atoms with van der Waals surface area (Å²) in [6.07, 6.45) is 0. The van der Waals surface area contributed by atoms with Crippen LogP contribution >= 0.6 is 15.9 Å². The van der Waals surface area contributed by atoms with Crippen molar-refractivity contribution in [1.29, 1.82) is 0 Å². The molecule has 0 fully saturated rings. The van der Waals surface area contributed by atoms with Crippen LogP contribution in [0.1, 0.15) is 1.37 Å². The minimum Gasteiger partial charge on any atom is -0.0622 e. The molecule has 0 atom stereocenters. The topological polar surface area (TPSA) is 0 Å². The van der Waals surface area contributed by atoms with Crippen LogP contribution < -0.4 is 0 Å². The molecule has 0 spiro atoms. The Balaban J connectivity index is 3.03. The van der Waals surface area contributed by atoms with E-state index in [4.69, 9.17) is 1.37 Å². The molecule has 0 amide bonds. The normalized spacial score (nSPS) is 10.7. The summed E-state index contributed by atoms with van der Waals surface area (Å²) in [5.41, 5.74) is 0. The average Bonchev–Trinajstić information content (AvgIpc) is 1.77. The van der Waals surface area contributed by atoms with Gasteiger partial charge in [0.25, 0.3) is 0 Å². The Labute approximate surface area is 52.7 Å². The molecule has 0 aliphatic rings. The van der Waals surface area contributed by atoms with Gasteiger partial charge in [0, 0.05) is 4.47 Å². The molecular weight excluding hydrogens is 152 g/mol. The fourth-order valence-electron chi connectivity index (χ4n) is 0.367. The molecule has 0 unspecified atom stereocenters. The zero-order valence-electron chi connectivity index (χ0n) is 4.69. The average molecular weight is 158 g/mol. The lowest BCUT2D eigenvalue weighted by atomic mass is 10.4. The first kappa shape index (κ1) is 3.67. The molecule has 0 saturated heterocycles. The highest BCUT2D eigenvalue weighted by molar-refractivity contribution is 9.10. The van der Waals surface area contributed by atoms with Gasteiger partial charge in [0.2, 0.25) is 0 Å². The Morgan fingerprint density at radius 1 is 1.43 bits per heavy atom. The van der Waals surface area contributed by atoms with Crippen LogP contribution in [0.5, 0.6) is 0 Å². The summed E-state index contributed by atoms with van der Waals surface area (Å²) in [6, 6.07) is 7.73. The van der Waals surface area contributed by atoms with Crippen molar-refractivity contribution in [3.8, 4) is 0 Å². The molecule has 1 rings (SSSR count).